The smallest absolute Gasteiger partial charge is 0.158 e. The lowest BCUT2D eigenvalue weighted by Crippen LogP contribution is -2.52. The molecule has 0 radical (unpaired) electrons. The molecule has 2 aromatic carbocycles. The molecule has 0 aliphatic carbocycles. The van der Waals surface area contributed by atoms with Gasteiger partial charge in [-0.2, -0.15) is 0 Å². The Labute approximate surface area is 237 Å². The van der Waals surface area contributed by atoms with Crippen LogP contribution in [0.25, 0.3) is 0 Å². The average Bonchev–Trinajstić information content (AvgIpc) is 3.49. The van der Waals surface area contributed by atoms with E-state index in [0.29, 0.717) is 18.5 Å². The summed E-state index contributed by atoms with van der Waals surface area (Å²) >= 11 is 0. The van der Waals surface area contributed by atoms with Gasteiger partial charge in [0.05, 0.1) is 25.4 Å². The second-order valence-corrected chi connectivity index (χ2v) is 11.2. The first kappa shape index (κ1) is 26.8. The molecule has 1 aromatic heterocycles. The minimum absolute atomic E-state index is 0.125. The van der Waals surface area contributed by atoms with E-state index in [9.17, 15) is 0 Å². The summed E-state index contributed by atoms with van der Waals surface area (Å²) in [6, 6.07) is 17.5. The lowest BCUT2D eigenvalue weighted by Gasteiger charge is -2.43. The quantitative estimate of drug-likeness (QED) is 0.459. The third-order valence-corrected chi connectivity index (χ3v) is 8.61. The first-order valence-corrected chi connectivity index (χ1v) is 14.5. The number of ether oxygens (including phenoxy) is 1. The van der Waals surface area contributed by atoms with E-state index in [-0.39, 0.29) is 6.04 Å². The highest BCUT2D eigenvalue weighted by Gasteiger charge is 2.30. The largest absolute Gasteiger partial charge is 0.494 e. The van der Waals surface area contributed by atoms with Crippen molar-refractivity contribution >= 4 is 23.0 Å². The van der Waals surface area contributed by atoms with Crippen molar-refractivity contribution in [2.75, 3.05) is 75.3 Å². The van der Waals surface area contributed by atoms with E-state index < -0.39 is 0 Å². The normalized spacial score (nSPS) is 21.1. The highest BCUT2D eigenvalue weighted by molar-refractivity contribution is 5.72. The number of nitrogens with one attached hydrogen (secondary N) is 1. The molecule has 9 nitrogen and oxygen atoms in total. The molecule has 6 rings (SSSR count). The number of anilines is 4. The Morgan fingerprint density at radius 3 is 2.45 bits per heavy atom. The molecular formula is C31H41N7O2. The maximum absolute atomic E-state index is 5.99. The van der Waals surface area contributed by atoms with Crippen molar-refractivity contribution in [1.82, 2.24) is 19.8 Å². The van der Waals surface area contributed by atoms with Crippen molar-refractivity contribution in [2.24, 2.45) is 0 Å². The number of benzene rings is 2. The number of hydrogen-bond donors (Lipinski definition) is 1. The van der Waals surface area contributed by atoms with Crippen molar-refractivity contribution in [1.29, 1.82) is 0 Å². The third kappa shape index (κ3) is 5.73. The van der Waals surface area contributed by atoms with E-state index >= 15 is 0 Å². The summed E-state index contributed by atoms with van der Waals surface area (Å²) in [5.41, 5.74) is 4.58. The van der Waals surface area contributed by atoms with Gasteiger partial charge in [0.1, 0.15) is 17.9 Å². The maximum Gasteiger partial charge on any atom is 0.158 e. The predicted molar refractivity (Wildman–Crippen MR) is 160 cm³/mol. The Kier molecular flexibility index (Phi) is 8.04. The molecular weight excluding hydrogens is 502 g/mol. The van der Waals surface area contributed by atoms with Crippen LogP contribution in [0.5, 0.6) is 5.75 Å². The Morgan fingerprint density at radius 2 is 1.70 bits per heavy atom. The van der Waals surface area contributed by atoms with E-state index in [2.05, 4.69) is 80.4 Å². The summed E-state index contributed by atoms with van der Waals surface area (Å²) in [5, 5.41) is 5.38. The first-order chi connectivity index (χ1) is 19.6. The SMILES string of the molecule is COc1cc(N2CCC(N3CCN(C)CC3)CC2)c(C)cc1Nc1cc(N2OCC[C@@H]2c2ccccc2)ncn1. The molecule has 3 aliphatic heterocycles. The summed E-state index contributed by atoms with van der Waals surface area (Å²) < 4.78 is 5.85. The molecule has 3 aliphatic rings. The molecule has 9 heteroatoms. The lowest BCUT2D eigenvalue weighted by molar-refractivity contribution is 0.0982. The zero-order chi connectivity index (χ0) is 27.5. The summed E-state index contributed by atoms with van der Waals surface area (Å²) in [6.07, 6.45) is 4.91. The van der Waals surface area contributed by atoms with Gasteiger partial charge < -0.3 is 19.9 Å². The van der Waals surface area contributed by atoms with Gasteiger partial charge in [0, 0.05) is 69.6 Å². The van der Waals surface area contributed by atoms with Crippen molar-refractivity contribution in [3.05, 3.63) is 66.0 Å². The van der Waals surface area contributed by atoms with Crippen LogP contribution in [-0.2, 0) is 4.84 Å². The Hall–Kier alpha value is -3.40. The second-order valence-electron chi connectivity index (χ2n) is 11.2. The number of likely N-dealkylation sites (N-methyl/N-ethyl adjacent to an activating group) is 1. The number of aryl methyl sites for hydroxylation is 1. The molecule has 212 valence electrons. The van der Waals surface area contributed by atoms with E-state index in [1.807, 2.05) is 17.2 Å². The van der Waals surface area contributed by atoms with Crippen LogP contribution in [-0.4, -0.2) is 85.8 Å². The van der Waals surface area contributed by atoms with Crippen molar-refractivity contribution < 1.29 is 9.57 Å². The van der Waals surface area contributed by atoms with Gasteiger partial charge in [-0.3, -0.25) is 9.74 Å². The fourth-order valence-corrected chi connectivity index (χ4v) is 6.29. The van der Waals surface area contributed by atoms with Crippen LogP contribution in [0.15, 0.2) is 54.9 Å². The lowest BCUT2D eigenvalue weighted by atomic mass is 10.0. The number of hydroxylamine groups is 1. The van der Waals surface area contributed by atoms with Gasteiger partial charge in [-0.05, 0) is 44.0 Å². The minimum Gasteiger partial charge on any atom is -0.494 e. The van der Waals surface area contributed by atoms with Gasteiger partial charge in [0.25, 0.3) is 0 Å². The number of nitrogens with zero attached hydrogens (tertiary/aromatic N) is 6. The van der Waals surface area contributed by atoms with Crippen LogP contribution in [0.1, 0.15) is 36.4 Å². The monoisotopic (exact) mass is 543 g/mol. The molecule has 0 amide bonds. The first-order valence-electron chi connectivity index (χ1n) is 14.5. The minimum atomic E-state index is 0.125. The van der Waals surface area contributed by atoms with Crippen LogP contribution in [0.2, 0.25) is 0 Å². The third-order valence-electron chi connectivity index (χ3n) is 8.61. The van der Waals surface area contributed by atoms with Crippen LogP contribution in [0, 0.1) is 6.92 Å². The predicted octanol–water partition coefficient (Wildman–Crippen LogP) is 4.64. The number of hydrogen-bond acceptors (Lipinski definition) is 9. The van der Waals surface area contributed by atoms with Gasteiger partial charge in [-0.15, -0.1) is 0 Å². The van der Waals surface area contributed by atoms with Crippen molar-refractivity contribution in [3.63, 3.8) is 0 Å². The van der Waals surface area contributed by atoms with Crippen LogP contribution in [0.3, 0.4) is 0 Å². The zero-order valence-electron chi connectivity index (χ0n) is 23.9. The van der Waals surface area contributed by atoms with Gasteiger partial charge in [0.2, 0.25) is 0 Å². The van der Waals surface area contributed by atoms with Gasteiger partial charge >= 0.3 is 0 Å². The zero-order valence-corrected chi connectivity index (χ0v) is 23.9. The van der Waals surface area contributed by atoms with E-state index in [1.165, 1.54) is 55.8 Å². The summed E-state index contributed by atoms with van der Waals surface area (Å²) in [7, 11) is 3.95. The number of piperidine rings is 1. The average molecular weight is 544 g/mol. The molecule has 0 bridgehead atoms. The van der Waals surface area contributed by atoms with E-state index in [4.69, 9.17) is 9.57 Å². The number of rotatable bonds is 7. The van der Waals surface area contributed by atoms with E-state index in [0.717, 1.165) is 36.8 Å². The molecule has 1 N–H and O–H groups in total. The summed E-state index contributed by atoms with van der Waals surface area (Å²) in [4.78, 5) is 22.7. The van der Waals surface area contributed by atoms with Gasteiger partial charge in [0.15, 0.2) is 5.82 Å². The van der Waals surface area contributed by atoms with Crippen molar-refractivity contribution in [2.45, 2.75) is 38.3 Å². The van der Waals surface area contributed by atoms with E-state index in [1.54, 1.807) is 13.4 Å². The molecule has 0 saturated carbocycles. The highest BCUT2D eigenvalue weighted by Crippen LogP contribution is 2.38. The molecule has 0 spiro atoms. The molecule has 0 unspecified atom stereocenters. The van der Waals surface area contributed by atoms with Crippen LogP contribution in [0.4, 0.5) is 23.0 Å². The van der Waals surface area contributed by atoms with Gasteiger partial charge in [-0.25, -0.2) is 15.0 Å². The standard InChI is InChI=1S/C31H41N7O2/c1-23-19-26(29(39-3)20-28(23)37-12-9-25(10-13-37)36-16-14-35(2)15-17-36)34-30-21-31(33-22-32-30)38-27(11-18-40-38)24-7-5-4-6-8-24/h4-8,19-22,25,27H,9-18H2,1-3H3,(H,32,33,34)/t27-/m1/s1. The molecule has 4 heterocycles. The molecule has 3 aromatic rings. The molecule has 3 saturated heterocycles. The van der Waals surface area contributed by atoms with Crippen molar-refractivity contribution in [3.8, 4) is 5.75 Å². The fourth-order valence-electron chi connectivity index (χ4n) is 6.29. The molecule has 3 fully saturated rings. The Bertz CT molecular complexity index is 1270. The van der Waals surface area contributed by atoms with Gasteiger partial charge in [-0.1, -0.05) is 30.3 Å². The van der Waals surface area contributed by atoms with Crippen LogP contribution >= 0.6 is 0 Å². The fraction of sp³-hybridized carbons (Fsp3) is 0.484. The Balaban J connectivity index is 1.15. The molecule has 1 atom stereocenters. The highest BCUT2D eigenvalue weighted by atomic mass is 16.7. The summed E-state index contributed by atoms with van der Waals surface area (Å²) in [6.45, 7) is 9.72. The molecule has 40 heavy (non-hydrogen) atoms. The van der Waals surface area contributed by atoms with Crippen LogP contribution < -0.4 is 20.0 Å². The number of piperazine rings is 1. The second kappa shape index (κ2) is 12.0. The summed E-state index contributed by atoms with van der Waals surface area (Å²) in [5.74, 6) is 2.24. The topological polar surface area (TPSA) is 69.2 Å². The Morgan fingerprint density at radius 1 is 0.925 bits per heavy atom. The maximum atomic E-state index is 5.99. The number of aromatic nitrogens is 2. The number of methoxy groups -OCH3 is 1.